The monoisotopic (exact) mass is 455 g/mol. The molecule has 1 aliphatic rings. The predicted octanol–water partition coefficient (Wildman–Crippen LogP) is 4.38. The van der Waals surface area contributed by atoms with E-state index in [9.17, 15) is 18.0 Å². The van der Waals surface area contributed by atoms with Gasteiger partial charge in [0.05, 0.1) is 17.3 Å². The third-order valence-corrected chi connectivity index (χ3v) is 5.57. The molecule has 0 bridgehead atoms. The Kier molecular flexibility index (Phi) is 7.80. The van der Waals surface area contributed by atoms with Crippen LogP contribution in [0.2, 0.25) is 5.02 Å². The van der Waals surface area contributed by atoms with Gasteiger partial charge in [0.2, 0.25) is 5.91 Å². The summed E-state index contributed by atoms with van der Waals surface area (Å²) in [4.78, 5) is 16.8. The summed E-state index contributed by atoms with van der Waals surface area (Å²) in [6.07, 6.45) is -4.52. The highest BCUT2D eigenvalue weighted by molar-refractivity contribution is 6.30. The van der Waals surface area contributed by atoms with E-state index >= 15 is 0 Å². The van der Waals surface area contributed by atoms with E-state index in [4.69, 9.17) is 16.3 Å². The van der Waals surface area contributed by atoms with Crippen molar-refractivity contribution < 1.29 is 22.7 Å². The maximum Gasteiger partial charge on any atom is 0.418 e. The lowest BCUT2D eigenvalue weighted by molar-refractivity contribution is -0.137. The maximum absolute atomic E-state index is 13.1. The third-order valence-electron chi connectivity index (χ3n) is 5.31. The first-order valence-corrected chi connectivity index (χ1v) is 10.4. The second-order valence-electron chi connectivity index (χ2n) is 7.39. The molecule has 31 heavy (non-hydrogen) atoms. The van der Waals surface area contributed by atoms with Crippen molar-refractivity contribution in [1.29, 1.82) is 0 Å². The Morgan fingerprint density at radius 2 is 1.74 bits per heavy atom. The van der Waals surface area contributed by atoms with Gasteiger partial charge in [-0.15, -0.1) is 0 Å². The van der Waals surface area contributed by atoms with Gasteiger partial charge in [-0.3, -0.25) is 14.6 Å². The number of anilines is 1. The van der Waals surface area contributed by atoms with E-state index < -0.39 is 23.7 Å². The molecule has 0 aromatic heterocycles. The van der Waals surface area contributed by atoms with Crippen molar-refractivity contribution in [2.24, 2.45) is 0 Å². The maximum atomic E-state index is 13.1. The average molecular weight is 456 g/mol. The van der Waals surface area contributed by atoms with Crippen LogP contribution < -0.4 is 10.1 Å². The number of carbonyl (C=O) groups is 1. The second kappa shape index (κ2) is 10.3. The number of ether oxygens (including phenoxy) is 1. The van der Waals surface area contributed by atoms with Crippen molar-refractivity contribution in [3.8, 4) is 5.75 Å². The van der Waals surface area contributed by atoms with Gasteiger partial charge < -0.3 is 10.1 Å². The molecule has 1 atom stereocenters. The Hall–Kier alpha value is -2.29. The standard InChI is InChI=1S/C22H25ClF3N3O2/c1-16(21(30)27-20-5-3-2-4-19(20)22(24,25)26)29-12-10-28(11-13-29)14-15-31-18-8-6-17(23)7-9-18/h2-9,16H,10-15H2,1H3,(H,27,30)/t16-/m1/s1. The normalized spacial score (nSPS) is 16.7. The van der Waals surface area contributed by atoms with E-state index in [2.05, 4.69) is 10.2 Å². The molecule has 0 unspecified atom stereocenters. The SMILES string of the molecule is C[C@H](C(=O)Nc1ccccc1C(F)(F)F)N1CCN(CCOc2ccc(Cl)cc2)CC1. The topological polar surface area (TPSA) is 44.8 Å². The number of alkyl halides is 3. The molecular weight excluding hydrogens is 431 g/mol. The van der Waals surface area contributed by atoms with Gasteiger partial charge in [-0.2, -0.15) is 13.2 Å². The molecule has 0 saturated carbocycles. The molecule has 1 heterocycles. The zero-order chi connectivity index (χ0) is 22.4. The third kappa shape index (κ3) is 6.59. The van der Waals surface area contributed by atoms with Crippen LogP contribution in [0.1, 0.15) is 12.5 Å². The summed E-state index contributed by atoms with van der Waals surface area (Å²) in [6, 6.07) is 11.7. The molecule has 1 fully saturated rings. The number of nitrogens with one attached hydrogen (secondary N) is 1. The summed E-state index contributed by atoms with van der Waals surface area (Å²) in [7, 11) is 0. The molecule has 0 aliphatic carbocycles. The summed E-state index contributed by atoms with van der Waals surface area (Å²) < 4.78 is 45.1. The van der Waals surface area contributed by atoms with Gasteiger partial charge in [-0.05, 0) is 43.3 Å². The first-order chi connectivity index (χ1) is 14.7. The fourth-order valence-corrected chi connectivity index (χ4v) is 3.57. The number of piperazine rings is 1. The predicted molar refractivity (Wildman–Crippen MR) is 114 cm³/mol. The van der Waals surface area contributed by atoms with Gasteiger partial charge in [-0.25, -0.2) is 0 Å². The first-order valence-electron chi connectivity index (χ1n) is 10.1. The number of hydrogen-bond acceptors (Lipinski definition) is 4. The summed E-state index contributed by atoms with van der Waals surface area (Å²) in [5.74, 6) is 0.309. The Morgan fingerprint density at radius 3 is 2.39 bits per heavy atom. The molecule has 2 aromatic carbocycles. The lowest BCUT2D eigenvalue weighted by atomic mass is 10.1. The molecule has 2 aromatic rings. The van der Waals surface area contributed by atoms with Crippen LogP contribution in [0.4, 0.5) is 18.9 Å². The second-order valence-corrected chi connectivity index (χ2v) is 7.82. The van der Waals surface area contributed by atoms with E-state index in [0.717, 1.165) is 31.5 Å². The molecule has 3 rings (SSSR count). The lowest BCUT2D eigenvalue weighted by Gasteiger charge is -2.37. The van der Waals surface area contributed by atoms with Crippen LogP contribution in [-0.2, 0) is 11.0 Å². The zero-order valence-corrected chi connectivity index (χ0v) is 17.9. The van der Waals surface area contributed by atoms with Crippen LogP contribution in [0, 0.1) is 0 Å². The Labute approximate surface area is 184 Å². The van der Waals surface area contributed by atoms with Crippen molar-refractivity contribution in [2.45, 2.75) is 19.1 Å². The molecule has 0 spiro atoms. The minimum Gasteiger partial charge on any atom is -0.492 e. The summed E-state index contributed by atoms with van der Waals surface area (Å²) >= 11 is 5.85. The summed E-state index contributed by atoms with van der Waals surface area (Å²) in [6.45, 7) is 5.79. The highest BCUT2D eigenvalue weighted by Gasteiger charge is 2.34. The number of carbonyl (C=O) groups excluding carboxylic acids is 1. The lowest BCUT2D eigenvalue weighted by Crippen LogP contribution is -2.53. The van der Waals surface area contributed by atoms with Gasteiger partial charge in [0.25, 0.3) is 0 Å². The van der Waals surface area contributed by atoms with Crippen molar-refractivity contribution in [1.82, 2.24) is 9.80 Å². The van der Waals surface area contributed by atoms with Crippen LogP contribution in [0.3, 0.4) is 0 Å². The number of hydrogen-bond donors (Lipinski definition) is 1. The largest absolute Gasteiger partial charge is 0.492 e. The molecule has 1 N–H and O–H groups in total. The van der Waals surface area contributed by atoms with E-state index in [1.165, 1.54) is 18.2 Å². The molecule has 0 radical (unpaired) electrons. The number of halogens is 4. The van der Waals surface area contributed by atoms with Crippen LogP contribution in [0.25, 0.3) is 0 Å². The van der Waals surface area contributed by atoms with E-state index in [1.807, 2.05) is 17.0 Å². The average Bonchev–Trinajstić information content (AvgIpc) is 2.75. The fourth-order valence-electron chi connectivity index (χ4n) is 3.44. The minimum absolute atomic E-state index is 0.218. The van der Waals surface area contributed by atoms with Gasteiger partial charge in [0, 0.05) is 37.7 Å². The van der Waals surface area contributed by atoms with Crippen LogP contribution in [0.15, 0.2) is 48.5 Å². The molecular formula is C22H25ClF3N3O2. The highest BCUT2D eigenvalue weighted by atomic mass is 35.5. The van der Waals surface area contributed by atoms with E-state index in [0.29, 0.717) is 24.7 Å². The van der Waals surface area contributed by atoms with Crippen molar-refractivity contribution >= 4 is 23.2 Å². The molecule has 9 heteroatoms. The Morgan fingerprint density at radius 1 is 1.10 bits per heavy atom. The number of rotatable bonds is 7. The Bertz CT molecular complexity index is 869. The van der Waals surface area contributed by atoms with Crippen molar-refractivity contribution in [3.63, 3.8) is 0 Å². The number of benzene rings is 2. The van der Waals surface area contributed by atoms with Gasteiger partial charge in [0.1, 0.15) is 12.4 Å². The molecule has 1 saturated heterocycles. The fraction of sp³-hybridized carbons (Fsp3) is 0.409. The minimum atomic E-state index is -4.52. The number of nitrogens with zero attached hydrogens (tertiary/aromatic N) is 2. The highest BCUT2D eigenvalue weighted by Crippen LogP contribution is 2.34. The van der Waals surface area contributed by atoms with Crippen molar-refractivity contribution in [3.05, 3.63) is 59.1 Å². The summed E-state index contributed by atoms with van der Waals surface area (Å²) in [5, 5.41) is 3.09. The molecule has 1 amide bonds. The van der Waals surface area contributed by atoms with Crippen LogP contribution in [0.5, 0.6) is 5.75 Å². The zero-order valence-electron chi connectivity index (χ0n) is 17.2. The smallest absolute Gasteiger partial charge is 0.418 e. The number of amides is 1. The Balaban J connectivity index is 1.45. The van der Waals surface area contributed by atoms with E-state index in [-0.39, 0.29) is 5.69 Å². The van der Waals surface area contributed by atoms with Crippen molar-refractivity contribution in [2.75, 3.05) is 44.6 Å². The number of para-hydroxylation sites is 1. The summed E-state index contributed by atoms with van der Waals surface area (Å²) in [5.41, 5.74) is -1.06. The molecule has 168 valence electrons. The van der Waals surface area contributed by atoms with Gasteiger partial charge in [0.15, 0.2) is 0 Å². The quantitative estimate of drug-likeness (QED) is 0.673. The van der Waals surface area contributed by atoms with Gasteiger partial charge >= 0.3 is 6.18 Å². The first kappa shape index (κ1) is 23.4. The van der Waals surface area contributed by atoms with Gasteiger partial charge in [-0.1, -0.05) is 23.7 Å². The molecule has 5 nitrogen and oxygen atoms in total. The van der Waals surface area contributed by atoms with Crippen LogP contribution >= 0.6 is 11.6 Å². The van der Waals surface area contributed by atoms with E-state index in [1.54, 1.807) is 19.1 Å². The van der Waals surface area contributed by atoms with Crippen LogP contribution in [-0.4, -0.2) is 61.1 Å². The molecule has 1 aliphatic heterocycles.